The molecular formula is C11H15N3O2. The Hall–Kier alpha value is -1.91. The molecule has 0 bridgehead atoms. The van der Waals surface area contributed by atoms with Crippen LogP contribution in [0.15, 0.2) is 18.8 Å². The molecule has 0 saturated carbocycles. The van der Waals surface area contributed by atoms with E-state index in [1.54, 1.807) is 26.1 Å². The molecule has 0 aliphatic carbocycles. The van der Waals surface area contributed by atoms with E-state index < -0.39 is 0 Å². The highest BCUT2D eigenvalue weighted by molar-refractivity contribution is 5.90. The second kappa shape index (κ2) is 5.25. The Kier molecular flexibility index (Phi) is 3.99. The molecule has 0 spiro atoms. The SMILES string of the molecule is C=C(OC)c1ccnc(NC(=O)C(C)C)n1. The quantitative estimate of drug-likeness (QED) is 0.786. The van der Waals surface area contributed by atoms with E-state index in [0.717, 1.165) is 0 Å². The summed E-state index contributed by atoms with van der Waals surface area (Å²) in [6, 6.07) is 1.66. The molecule has 0 atom stereocenters. The van der Waals surface area contributed by atoms with Crippen LogP contribution in [0.3, 0.4) is 0 Å². The van der Waals surface area contributed by atoms with Crippen molar-refractivity contribution in [1.82, 2.24) is 9.97 Å². The molecule has 1 aromatic heterocycles. The van der Waals surface area contributed by atoms with Crippen LogP contribution in [0.4, 0.5) is 5.95 Å². The fraction of sp³-hybridized carbons (Fsp3) is 0.364. The first-order valence-corrected chi connectivity index (χ1v) is 4.91. The third-order valence-electron chi connectivity index (χ3n) is 1.95. The van der Waals surface area contributed by atoms with E-state index in [1.807, 2.05) is 0 Å². The molecule has 0 aliphatic heterocycles. The second-order valence-corrected chi connectivity index (χ2v) is 3.54. The van der Waals surface area contributed by atoms with Gasteiger partial charge in [0.2, 0.25) is 11.9 Å². The highest BCUT2D eigenvalue weighted by Gasteiger charge is 2.09. The summed E-state index contributed by atoms with van der Waals surface area (Å²) in [7, 11) is 1.51. The lowest BCUT2D eigenvalue weighted by atomic mass is 10.2. The lowest BCUT2D eigenvalue weighted by Gasteiger charge is -2.07. The monoisotopic (exact) mass is 221 g/mol. The Morgan fingerprint density at radius 3 is 2.81 bits per heavy atom. The molecule has 1 N–H and O–H groups in total. The molecule has 1 amide bonds. The predicted molar refractivity (Wildman–Crippen MR) is 61.5 cm³/mol. The zero-order valence-electron chi connectivity index (χ0n) is 9.65. The van der Waals surface area contributed by atoms with Crippen molar-refractivity contribution in [2.24, 2.45) is 5.92 Å². The number of ether oxygens (including phenoxy) is 1. The molecule has 16 heavy (non-hydrogen) atoms. The first-order chi connectivity index (χ1) is 7.54. The van der Waals surface area contributed by atoms with E-state index in [9.17, 15) is 4.79 Å². The van der Waals surface area contributed by atoms with Crippen molar-refractivity contribution in [2.45, 2.75) is 13.8 Å². The number of carbonyl (C=O) groups is 1. The molecule has 0 aliphatic rings. The number of carbonyl (C=O) groups excluding carboxylic acids is 1. The molecule has 5 heteroatoms. The van der Waals surface area contributed by atoms with Crippen LogP contribution < -0.4 is 5.32 Å². The van der Waals surface area contributed by atoms with Gasteiger partial charge in [0.15, 0.2) is 0 Å². The topological polar surface area (TPSA) is 64.1 Å². The van der Waals surface area contributed by atoms with Gasteiger partial charge in [0.25, 0.3) is 0 Å². The van der Waals surface area contributed by atoms with Gasteiger partial charge in [0.1, 0.15) is 11.5 Å². The van der Waals surface area contributed by atoms with E-state index in [2.05, 4.69) is 21.9 Å². The molecule has 0 saturated heterocycles. The minimum atomic E-state index is -0.125. The summed E-state index contributed by atoms with van der Waals surface area (Å²) in [5.41, 5.74) is 0.552. The van der Waals surface area contributed by atoms with E-state index >= 15 is 0 Å². The highest BCUT2D eigenvalue weighted by Crippen LogP contribution is 2.11. The van der Waals surface area contributed by atoms with Gasteiger partial charge >= 0.3 is 0 Å². The number of aromatic nitrogens is 2. The minimum Gasteiger partial charge on any atom is -0.495 e. The van der Waals surface area contributed by atoms with Crippen molar-refractivity contribution in [3.05, 3.63) is 24.5 Å². The van der Waals surface area contributed by atoms with Gasteiger partial charge in [-0.25, -0.2) is 9.97 Å². The van der Waals surface area contributed by atoms with Gasteiger partial charge in [0, 0.05) is 12.1 Å². The van der Waals surface area contributed by atoms with E-state index in [-0.39, 0.29) is 17.8 Å². The van der Waals surface area contributed by atoms with Crippen molar-refractivity contribution < 1.29 is 9.53 Å². The summed E-state index contributed by atoms with van der Waals surface area (Å²) in [6.07, 6.45) is 1.54. The number of hydrogen-bond acceptors (Lipinski definition) is 4. The number of nitrogens with zero attached hydrogens (tertiary/aromatic N) is 2. The number of amides is 1. The fourth-order valence-electron chi connectivity index (χ4n) is 0.933. The lowest BCUT2D eigenvalue weighted by Crippen LogP contribution is -2.19. The maximum atomic E-state index is 11.4. The molecular weight excluding hydrogens is 206 g/mol. The Labute approximate surface area is 94.6 Å². The van der Waals surface area contributed by atoms with Crippen molar-refractivity contribution in [3.8, 4) is 0 Å². The Morgan fingerprint density at radius 1 is 1.56 bits per heavy atom. The largest absolute Gasteiger partial charge is 0.495 e. The number of anilines is 1. The molecule has 0 fully saturated rings. The molecule has 5 nitrogen and oxygen atoms in total. The van der Waals surface area contributed by atoms with Crippen molar-refractivity contribution in [2.75, 3.05) is 12.4 Å². The van der Waals surface area contributed by atoms with E-state index in [4.69, 9.17) is 4.74 Å². The summed E-state index contributed by atoms with van der Waals surface area (Å²) in [6.45, 7) is 7.27. The summed E-state index contributed by atoms with van der Waals surface area (Å²) >= 11 is 0. The molecule has 0 unspecified atom stereocenters. The average Bonchev–Trinajstić information content (AvgIpc) is 2.28. The standard InChI is InChI=1S/C11H15N3O2/c1-7(2)10(15)14-11-12-6-5-9(13-11)8(3)16-4/h5-7H,3H2,1-2,4H3,(H,12,13,14,15). The van der Waals surface area contributed by atoms with Crippen molar-refractivity contribution in [3.63, 3.8) is 0 Å². The third-order valence-corrected chi connectivity index (χ3v) is 1.95. The lowest BCUT2D eigenvalue weighted by molar-refractivity contribution is -0.118. The molecule has 1 heterocycles. The Bertz CT molecular complexity index is 402. The van der Waals surface area contributed by atoms with E-state index in [1.165, 1.54) is 7.11 Å². The minimum absolute atomic E-state index is 0.113. The molecule has 1 aromatic rings. The van der Waals surface area contributed by atoms with Crippen LogP contribution >= 0.6 is 0 Å². The van der Waals surface area contributed by atoms with Crippen molar-refractivity contribution in [1.29, 1.82) is 0 Å². The van der Waals surface area contributed by atoms with Crippen LogP contribution in [-0.2, 0) is 9.53 Å². The molecule has 86 valence electrons. The summed E-state index contributed by atoms with van der Waals surface area (Å²) < 4.78 is 4.95. The van der Waals surface area contributed by atoms with Crippen LogP contribution in [-0.4, -0.2) is 23.0 Å². The van der Waals surface area contributed by atoms with Gasteiger partial charge < -0.3 is 4.74 Å². The van der Waals surface area contributed by atoms with E-state index in [0.29, 0.717) is 11.5 Å². The Balaban J connectivity index is 2.83. The number of nitrogens with one attached hydrogen (secondary N) is 1. The van der Waals surface area contributed by atoms with Crippen LogP contribution in [0.2, 0.25) is 0 Å². The van der Waals surface area contributed by atoms with Crippen LogP contribution in [0, 0.1) is 5.92 Å². The molecule has 0 radical (unpaired) electrons. The van der Waals surface area contributed by atoms with Crippen LogP contribution in [0.5, 0.6) is 0 Å². The average molecular weight is 221 g/mol. The van der Waals surface area contributed by atoms with Gasteiger partial charge in [-0.1, -0.05) is 20.4 Å². The van der Waals surface area contributed by atoms with Crippen molar-refractivity contribution >= 4 is 17.6 Å². The maximum Gasteiger partial charge on any atom is 0.230 e. The third kappa shape index (κ3) is 3.05. The number of methoxy groups -OCH3 is 1. The summed E-state index contributed by atoms with van der Waals surface area (Å²) in [5, 5.41) is 2.60. The van der Waals surface area contributed by atoms with Gasteiger partial charge in [-0.2, -0.15) is 0 Å². The highest BCUT2D eigenvalue weighted by atomic mass is 16.5. The number of rotatable bonds is 4. The first kappa shape index (κ1) is 12.2. The van der Waals surface area contributed by atoms with Gasteiger partial charge in [-0.05, 0) is 6.07 Å². The van der Waals surface area contributed by atoms with Crippen LogP contribution in [0.25, 0.3) is 5.76 Å². The molecule has 1 rings (SSSR count). The zero-order valence-corrected chi connectivity index (χ0v) is 9.65. The summed E-state index contributed by atoms with van der Waals surface area (Å²) in [5.74, 6) is 0.454. The van der Waals surface area contributed by atoms with Gasteiger partial charge in [-0.15, -0.1) is 0 Å². The smallest absolute Gasteiger partial charge is 0.230 e. The van der Waals surface area contributed by atoms with Gasteiger partial charge in [-0.3, -0.25) is 10.1 Å². The molecule has 0 aromatic carbocycles. The first-order valence-electron chi connectivity index (χ1n) is 4.91. The summed E-state index contributed by atoms with van der Waals surface area (Å²) in [4.78, 5) is 19.5. The second-order valence-electron chi connectivity index (χ2n) is 3.54. The fourth-order valence-corrected chi connectivity index (χ4v) is 0.933. The number of hydrogen-bond donors (Lipinski definition) is 1. The maximum absolute atomic E-state index is 11.4. The van der Waals surface area contributed by atoms with Crippen LogP contribution in [0.1, 0.15) is 19.5 Å². The van der Waals surface area contributed by atoms with Gasteiger partial charge in [0.05, 0.1) is 7.11 Å². The predicted octanol–water partition coefficient (Wildman–Crippen LogP) is 1.69. The zero-order chi connectivity index (χ0) is 12.1. The Morgan fingerprint density at radius 2 is 2.25 bits per heavy atom. The normalized spacial score (nSPS) is 10.0.